The van der Waals surface area contributed by atoms with Crippen molar-refractivity contribution in [2.24, 2.45) is 0 Å². The average molecular weight is 1210 g/mol. The van der Waals surface area contributed by atoms with Crippen LogP contribution in [0, 0.1) is 0 Å². The average Bonchev–Trinajstić information content (AvgIpc) is 3.69. The predicted molar refractivity (Wildman–Crippen MR) is 346 cm³/mol. The van der Waals surface area contributed by atoms with Gasteiger partial charge in [0.2, 0.25) is 5.91 Å². The van der Waals surface area contributed by atoms with Gasteiger partial charge in [-0.25, -0.2) is 0 Å². The summed E-state index contributed by atoms with van der Waals surface area (Å²) >= 11 is 0. The van der Waals surface area contributed by atoms with Gasteiger partial charge < -0.3 is 65.1 Å². The SMILES string of the molecule is CCCCCCCCCCCCCCCC/C=C/[C@@H](O)[C@H](CO[C@@H]1O[C@H](CO)[C@@H](O[C@@H]2O[C@H](CO)[C@H](O)C(O)C2O)C(O)C1O)NC(=O)CCCCCCCCCCCCCCCCCCCCCCCCCCCCCCCCCCCCC. The first-order valence-electron chi connectivity index (χ1n) is 36.4. The van der Waals surface area contributed by atoms with Crippen LogP contribution in [0.2, 0.25) is 0 Å². The van der Waals surface area contributed by atoms with Crippen LogP contribution in [0.3, 0.4) is 0 Å². The number of hydrogen-bond acceptors (Lipinski definition) is 13. The predicted octanol–water partition coefficient (Wildman–Crippen LogP) is 15.0. The van der Waals surface area contributed by atoms with Crippen molar-refractivity contribution in [2.75, 3.05) is 19.8 Å². The van der Waals surface area contributed by atoms with Crippen LogP contribution in [-0.2, 0) is 23.7 Å². The maximum atomic E-state index is 13.3. The molecule has 14 nitrogen and oxygen atoms in total. The molecular weight excluding hydrogens is 1070 g/mol. The Morgan fingerprint density at radius 3 is 1.08 bits per heavy atom. The van der Waals surface area contributed by atoms with Crippen LogP contribution in [0.1, 0.15) is 341 Å². The van der Waals surface area contributed by atoms with Gasteiger partial charge in [0, 0.05) is 6.42 Å². The van der Waals surface area contributed by atoms with E-state index in [0.717, 1.165) is 44.9 Å². The highest BCUT2D eigenvalue weighted by atomic mass is 16.7. The van der Waals surface area contributed by atoms with Crippen molar-refractivity contribution in [3.05, 3.63) is 12.2 Å². The smallest absolute Gasteiger partial charge is 0.220 e. The number of aliphatic hydroxyl groups excluding tert-OH is 8. The Kier molecular flexibility index (Phi) is 53.2. The topological polar surface area (TPSA) is 228 Å². The molecule has 0 spiro atoms. The van der Waals surface area contributed by atoms with E-state index in [1.807, 2.05) is 6.08 Å². The minimum Gasteiger partial charge on any atom is -0.394 e. The van der Waals surface area contributed by atoms with Gasteiger partial charge in [-0.1, -0.05) is 328 Å². The molecule has 2 rings (SSSR count). The second kappa shape index (κ2) is 56.7. The number of hydrogen-bond donors (Lipinski definition) is 9. The second-order valence-corrected chi connectivity index (χ2v) is 26.1. The van der Waals surface area contributed by atoms with Crippen molar-refractivity contribution in [3.63, 3.8) is 0 Å². The van der Waals surface area contributed by atoms with E-state index in [-0.39, 0.29) is 18.9 Å². The molecule has 2 saturated heterocycles. The van der Waals surface area contributed by atoms with Gasteiger partial charge in [-0.15, -0.1) is 0 Å². The molecule has 0 saturated carbocycles. The van der Waals surface area contributed by atoms with E-state index in [9.17, 15) is 45.6 Å². The van der Waals surface area contributed by atoms with Gasteiger partial charge in [-0.3, -0.25) is 4.79 Å². The highest BCUT2D eigenvalue weighted by Gasteiger charge is 2.51. The van der Waals surface area contributed by atoms with Crippen LogP contribution in [0.5, 0.6) is 0 Å². The molecule has 0 aromatic carbocycles. The fourth-order valence-corrected chi connectivity index (χ4v) is 12.4. The Morgan fingerprint density at radius 2 is 0.729 bits per heavy atom. The summed E-state index contributed by atoms with van der Waals surface area (Å²) in [5.41, 5.74) is 0. The number of aliphatic hydroxyl groups is 8. The Balaban J connectivity index is 1.59. The van der Waals surface area contributed by atoms with E-state index < -0.39 is 86.8 Å². The van der Waals surface area contributed by atoms with E-state index in [1.54, 1.807) is 6.08 Å². The first-order chi connectivity index (χ1) is 41.6. The maximum absolute atomic E-state index is 13.3. The van der Waals surface area contributed by atoms with E-state index in [1.165, 1.54) is 276 Å². The molecule has 9 N–H and O–H groups in total. The molecule has 0 aromatic heterocycles. The number of amides is 1. The zero-order valence-electron chi connectivity index (χ0n) is 54.9. The molecule has 504 valence electrons. The second-order valence-electron chi connectivity index (χ2n) is 26.1. The number of nitrogens with one attached hydrogen (secondary N) is 1. The Hall–Kier alpha value is -1.27. The van der Waals surface area contributed by atoms with E-state index in [2.05, 4.69) is 19.2 Å². The summed E-state index contributed by atoms with van der Waals surface area (Å²) in [7, 11) is 0. The molecule has 2 aliphatic rings. The molecule has 14 heteroatoms. The third kappa shape index (κ3) is 41.0. The lowest BCUT2D eigenvalue weighted by atomic mass is 9.97. The summed E-state index contributed by atoms with van der Waals surface area (Å²) < 4.78 is 22.8. The van der Waals surface area contributed by atoms with Crippen LogP contribution in [0.4, 0.5) is 0 Å². The van der Waals surface area contributed by atoms with Crippen molar-refractivity contribution in [1.82, 2.24) is 5.32 Å². The van der Waals surface area contributed by atoms with Crippen molar-refractivity contribution >= 4 is 5.91 Å². The first kappa shape index (κ1) is 79.8. The van der Waals surface area contributed by atoms with Gasteiger partial charge in [-0.2, -0.15) is 0 Å². The summed E-state index contributed by atoms with van der Waals surface area (Å²) in [4.78, 5) is 13.3. The Morgan fingerprint density at radius 1 is 0.412 bits per heavy atom. The van der Waals surface area contributed by atoms with E-state index >= 15 is 0 Å². The van der Waals surface area contributed by atoms with Crippen molar-refractivity contribution < 1.29 is 64.6 Å². The molecule has 2 aliphatic heterocycles. The van der Waals surface area contributed by atoms with E-state index in [0.29, 0.717) is 0 Å². The standard InChI is InChI=1S/C71H137NO13/c1-3-5-7-9-11-13-15-17-19-21-22-23-24-25-26-27-28-29-30-31-32-33-34-35-36-37-38-39-41-43-45-47-49-51-53-55-63(76)72-59(60(75)54-52-50-48-46-44-42-40-20-18-16-14-12-10-8-6-4-2)58-82-70-68(81)66(79)69(62(57-74)84-70)85-71-67(80)65(78)64(77)61(56-73)83-71/h52,54,59-62,64-71,73-75,77-81H,3-51,53,55-58H2,1-2H3,(H,72,76)/b54-52+/t59-,60+,61+,62+,64-,65?,66?,67?,68?,69+,70+,71-/m0/s1. The third-order valence-corrected chi connectivity index (χ3v) is 18.2. The maximum Gasteiger partial charge on any atom is 0.220 e. The number of carbonyl (C=O) groups excluding carboxylic acids is 1. The highest BCUT2D eigenvalue weighted by molar-refractivity contribution is 5.76. The van der Waals surface area contributed by atoms with Gasteiger partial charge in [0.05, 0.1) is 32.0 Å². The zero-order valence-corrected chi connectivity index (χ0v) is 54.9. The normalized spacial score (nSPS) is 23.5. The lowest BCUT2D eigenvalue weighted by molar-refractivity contribution is -0.359. The molecule has 0 radical (unpaired) electrons. The van der Waals surface area contributed by atoms with Crippen molar-refractivity contribution in [2.45, 2.75) is 415 Å². The van der Waals surface area contributed by atoms with Crippen LogP contribution >= 0.6 is 0 Å². The van der Waals surface area contributed by atoms with Crippen LogP contribution in [-0.4, -0.2) is 140 Å². The first-order valence-corrected chi connectivity index (χ1v) is 36.4. The van der Waals surface area contributed by atoms with Gasteiger partial charge in [-0.05, 0) is 19.3 Å². The van der Waals surface area contributed by atoms with Gasteiger partial charge in [0.15, 0.2) is 12.6 Å². The lowest BCUT2D eigenvalue weighted by Crippen LogP contribution is -2.65. The fraction of sp³-hybridized carbons (Fsp3) is 0.958. The molecule has 85 heavy (non-hydrogen) atoms. The molecule has 0 aliphatic carbocycles. The quantitative estimate of drug-likeness (QED) is 0.0204. The monoisotopic (exact) mass is 1210 g/mol. The molecule has 12 atom stereocenters. The molecule has 0 aromatic rings. The van der Waals surface area contributed by atoms with Crippen LogP contribution in [0.15, 0.2) is 12.2 Å². The largest absolute Gasteiger partial charge is 0.394 e. The Labute approximate surface area is 520 Å². The summed E-state index contributed by atoms with van der Waals surface area (Å²) in [6.45, 7) is 2.85. The number of allylic oxidation sites excluding steroid dienone is 1. The van der Waals surface area contributed by atoms with Gasteiger partial charge in [0.25, 0.3) is 0 Å². The molecular formula is C71H137NO13. The third-order valence-electron chi connectivity index (χ3n) is 18.2. The molecule has 2 fully saturated rings. The highest BCUT2D eigenvalue weighted by Crippen LogP contribution is 2.30. The summed E-state index contributed by atoms with van der Waals surface area (Å²) in [5, 5.41) is 87.3. The number of rotatable bonds is 61. The number of unbranched alkanes of at least 4 members (excludes halogenated alkanes) is 48. The summed E-state index contributed by atoms with van der Waals surface area (Å²) in [6, 6.07) is -0.910. The Bertz CT molecular complexity index is 1470. The van der Waals surface area contributed by atoms with Crippen LogP contribution in [0.25, 0.3) is 0 Å². The molecule has 1 amide bonds. The zero-order chi connectivity index (χ0) is 61.6. The van der Waals surface area contributed by atoms with Crippen LogP contribution < -0.4 is 5.32 Å². The van der Waals surface area contributed by atoms with Crippen molar-refractivity contribution in [3.8, 4) is 0 Å². The summed E-state index contributed by atoms with van der Waals surface area (Å²) in [5.74, 6) is -0.231. The fourth-order valence-electron chi connectivity index (χ4n) is 12.4. The van der Waals surface area contributed by atoms with E-state index in [4.69, 9.17) is 18.9 Å². The minimum atomic E-state index is -1.79. The van der Waals surface area contributed by atoms with Gasteiger partial charge >= 0.3 is 0 Å². The van der Waals surface area contributed by atoms with Gasteiger partial charge in [0.1, 0.15) is 48.8 Å². The molecule has 0 bridgehead atoms. The van der Waals surface area contributed by atoms with Crippen molar-refractivity contribution in [1.29, 1.82) is 0 Å². The minimum absolute atomic E-state index is 0.231. The number of carbonyl (C=O) groups is 1. The lowest BCUT2D eigenvalue weighted by Gasteiger charge is -2.46. The summed E-state index contributed by atoms with van der Waals surface area (Å²) in [6.07, 6.45) is 52.9. The molecule has 2 heterocycles. The number of ether oxygens (including phenoxy) is 4. The molecule has 4 unspecified atom stereocenters.